The highest BCUT2D eigenvalue weighted by atomic mass is 32.2. The molecule has 2 aromatic carbocycles. The Morgan fingerprint density at radius 1 is 0.947 bits per heavy atom. The first kappa shape index (κ1) is 13.4. The van der Waals surface area contributed by atoms with E-state index in [1.807, 2.05) is 37.3 Å². The molecular weight excluding hydrogens is 256 g/mol. The fourth-order valence-electron chi connectivity index (χ4n) is 1.58. The molecule has 3 heteroatoms. The predicted octanol–water partition coefficient (Wildman–Crippen LogP) is 2.82. The molecule has 0 bridgehead atoms. The Kier molecular flexibility index (Phi) is 4.03. The van der Waals surface area contributed by atoms with Crippen LogP contribution in [0, 0.1) is 18.8 Å². The smallest absolute Gasteiger partial charge is 0.189 e. The van der Waals surface area contributed by atoms with E-state index in [1.54, 1.807) is 24.3 Å². The van der Waals surface area contributed by atoms with Crippen molar-refractivity contribution in [2.75, 3.05) is 5.75 Å². The van der Waals surface area contributed by atoms with Crippen molar-refractivity contribution >= 4 is 9.84 Å². The van der Waals surface area contributed by atoms with Gasteiger partial charge in [0.15, 0.2) is 9.84 Å². The summed E-state index contributed by atoms with van der Waals surface area (Å²) in [5.74, 6) is 5.41. The van der Waals surface area contributed by atoms with Gasteiger partial charge in [0.2, 0.25) is 0 Å². The van der Waals surface area contributed by atoms with E-state index in [0.717, 1.165) is 11.1 Å². The van der Waals surface area contributed by atoms with Gasteiger partial charge in [0, 0.05) is 5.56 Å². The molecule has 0 heterocycles. The first-order valence-corrected chi connectivity index (χ1v) is 7.56. The monoisotopic (exact) mass is 270 g/mol. The Morgan fingerprint density at radius 3 is 2.21 bits per heavy atom. The van der Waals surface area contributed by atoms with Crippen molar-refractivity contribution < 1.29 is 8.42 Å². The number of benzene rings is 2. The maximum absolute atomic E-state index is 12.0. The van der Waals surface area contributed by atoms with E-state index in [9.17, 15) is 8.42 Å². The molecule has 0 aromatic heterocycles. The zero-order valence-electron chi connectivity index (χ0n) is 10.6. The van der Waals surface area contributed by atoms with Gasteiger partial charge >= 0.3 is 0 Å². The lowest BCUT2D eigenvalue weighted by molar-refractivity contribution is 0.599. The molecule has 2 nitrogen and oxygen atoms in total. The van der Waals surface area contributed by atoms with Gasteiger partial charge in [-0.05, 0) is 31.2 Å². The molecule has 0 radical (unpaired) electrons. The second-order valence-electron chi connectivity index (χ2n) is 4.24. The Balaban J connectivity index is 2.15. The standard InChI is InChI=1S/C16H14O2S/c1-14-9-11-16(12-10-14)19(17,18)13-5-8-15-6-3-2-4-7-15/h2-4,6-7,9-12H,13H2,1H3. The molecule has 0 saturated heterocycles. The van der Waals surface area contributed by atoms with Crippen molar-refractivity contribution in [3.05, 3.63) is 65.7 Å². The van der Waals surface area contributed by atoms with Crippen LogP contribution in [0.5, 0.6) is 0 Å². The van der Waals surface area contributed by atoms with Crippen LogP contribution in [-0.2, 0) is 9.84 Å². The second kappa shape index (κ2) is 5.73. The third kappa shape index (κ3) is 3.70. The highest BCUT2D eigenvalue weighted by Gasteiger charge is 2.11. The fraction of sp³-hybridized carbons (Fsp3) is 0.125. The van der Waals surface area contributed by atoms with Gasteiger partial charge in [-0.2, -0.15) is 0 Å². The van der Waals surface area contributed by atoms with Crippen molar-refractivity contribution in [3.63, 3.8) is 0 Å². The molecule has 0 unspecified atom stereocenters. The van der Waals surface area contributed by atoms with Gasteiger partial charge in [0.05, 0.1) is 4.90 Å². The topological polar surface area (TPSA) is 34.1 Å². The van der Waals surface area contributed by atoms with Crippen molar-refractivity contribution in [1.29, 1.82) is 0 Å². The van der Waals surface area contributed by atoms with Gasteiger partial charge in [0.1, 0.15) is 5.75 Å². The summed E-state index contributed by atoms with van der Waals surface area (Å²) in [4.78, 5) is 0.320. The van der Waals surface area contributed by atoms with Crippen LogP contribution in [-0.4, -0.2) is 14.2 Å². The maximum atomic E-state index is 12.0. The number of rotatable bonds is 2. The second-order valence-corrected chi connectivity index (χ2v) is 6.23. The molecule has 0 aliphatic carbocycles. The number of aryl methyl sites for hydroxylation is 1. The minimum Gasteiger partial charge on any atom is -0.223 e. The minimum absolute atomic E-state index is 0.162. The summed E-state index contributed by atoms with van der Waals surface area (Å²) in [6.45, 7) is 1.92. The first-order chi connectivity index (χ1) is 9.08. The Labute approximate surface area is 114 Å². The molecule has 0 saturated carbocycles. The van der Waals surface area contributed by atoms with Crippen LogP contribution in [0.25, 0.3) is 0 Å². The molecule has 96 valence electrons. The van der Waals surface area contributed by atoms with Gasteiger partial charge in [-0.3, -0.25) is 0 Å². The third-order valence-electron chi connectivity index (χ3n) is 2.65. The Bertz CT molecular complexity index is 703. The van der Waals surface area contributed by atoms with Crippen LogP contribution in [0.3, 0.4) is 0 Å². The zero-order chi connectivity index (χ0) is 13.7. The van der Waals surface area contributed by atoms with E-state index >= 15 is 0 Å². The van der Waals surface area contributed by atoms with Gasteiger partial charge in [-0.1, -0.05) is 47.7 Å². The van der Waals surface area contributed by atoms with Gasteiger partial charge < -0.3 is 0 Å². The summed E-state index contributed by atoms with van der Waals surface area (Å²) in [6, 6.07) is 16.2. The summed E-state index contributed by atoms with van der Waals surface area (Å²) in [6.07, 6.45) is 0. The average molecular weight is 270 g/mol. The van der Waals surface area contributed by atoms with Crippen LogP contribution in [0.2, 0.25) is 0 Å². The van der Waals surface area contributed by atoms with Crippen LogP contribution in [0.1, 0.15) is 11.1 Å². The van der Waals surface area contributed by atoms with Crippen LogP contribution in [0.4, 0.5) is 0 Å². The van der Waals surface area contributed by atoms with E-state index in [0.29, 0.717) is 4.90 Å². The maximum Gasteiger partial charge on any atom is 0.189 e. The summed E-state index contributed by atoms with van der Waals surface area (Å²) in [5, 5.41) is 0. The quantitative estimate of drug-likeness (QED) is 0.786. The van der Waals surface area contributed by atoms with Gasteiger partial charge in [-0.25, -0.2) is 8.42 Å². The number of sulfone groups is 1. The molecule has 2 rings (SSSR count). The largest absolute Gasteiger partial charge is 0.223 e. The van der Waals surface area contributed by atoms with E-state index in [-0.39, 0.29) is 5.75 Å². The van der Waals surface area contributed by atoms with Crippen molar-refractivity contribution in [3.8, 4) is 11.8 Å². The molecule has 0 atom stereocenters. The SMILES string of the molecule is Cc1ccc(S(=O)(=O)CC#Cc2ccccc2)cc1. The van der Waals surface area contributed by atoms with E-state index < -0.39 is 9.84 Å². The number of hydrogen-bond acceptors (Lipinski definition) is 2. The predicted molar refractivity (Wildman–Crippen MR) is 76.6 cm³/mol. The van der Waals surface area contributed by atoms with Crippen LogP contribution in [0.15, 0.2) is 59.5 Å². The molecule has 0 aliphatic heterocycles. The summed E-state index contributed by atoms with van der Waals surface area (Å²) in [5.41, 5.74) is 1.86. The molecule has 0 fully saturated rings. The van der Waals surface area contributed by atoms with Gasteiger partial charge in [0.25, 0.3) is 0 Å². The summed E-state index contributed by atoms with van der Waals surface area (Å²) < 4.78 is 24.1. The molecule has 2 aromatic rings. The normalized spacial score (nSPS) is 10.6. The van der Waals surface area contributed by atoms with E-state index in [4.69, 9.17) is 0 Å². The van der Waals surface area contributed by atoms with Crippen LogP contribution >= 0.6 is 0 Å². The van der Waals surface area contributed by atoms with E-state index in [2.05, 4.69) is 11.8 Å². The van der Waals surface area contributed by atoms with Crippen molar-refractivity contribution in [2.45, 2.75) is 11.8 Å². The Morgan fingerprint density at radius 2 is 1.58 bits per heavy atom. The molecular formula is C16H14O2S. The van der Waals surface area contributed by atoms with E-state index in [1.165, 1.54) is 0 Å². The third-order valence-corrected chi connectivity index (χ3v) is 4.16. The highest BCUT2D eigenvalue weighted by molar-refractivity contribution is 7.91. The Hall–Kier alpha value is -2.05. The first-order valence-electron chi connectivity index (χ1n) is 5.91. The van der Waals surface area contributed by atoms with Crippen molar-refractivity contribution in [2.24, 2.45) is 0 Å². The molecule has 0 spiro atoms. The lowest BCUT2D eigenvalue weighted by Crippen LogP contribution is -2.04. The minimum atomic E-state index is -3.32. The fourth-order valence-corrected chi connectivity index (χ4v) is 2.56. The lowest BCUT2D eigenvalue weighted by Gasteiger charge is -2.00. The zero-order valence-corrected chi connectivity index (χ0v) is 11.4. The number of hydrogen-bond donors (Lipinski definition) is 0. The summed E-state index contributed by atoms with van der Waals surface area (Å²) >= 11 is 0. The lowest BCUT2D eigenvalue weighted by atomic mass is 10.2. The van der Waals surface area contributed by atoms with Gasteiger partial charge in [-0.15, -0.1) is 0 Å². The molecule has 0 aliphatic rings. The average Bonchev–Trinajstić information content (AvgIpc) is 2.40. The van der Waals surface area contributed by atoms with Crippen molar-refractivity contribution in [1.82, 2.24) is 0 Å². The highest BCUT2D eigenvalue weighted by Crippen LogP contribution is 2.11. The molecule has 0 N–H and O–H groups in total. The van der Waals surface area contributed by atoms with Crippen LogP contribution < -0.4 is 0 Å². The summed E-state index contributed by atoms with van der Waals surface area (Å²) in [7, 11) is -3.32. The molecule has 0 amide bonds. The molecule has 19 heavy (non-hydrogen) atoms.